The van der Waals surface area contributed by atoms with Crippen LogP contribution in [-0.2, 0) is 0 Å². The van der Waals surface area contributed by atoms with Crippen LogP contribution in [0, 0.1) is 5.92 Å². The Hall–Kier alpha value is -0.910. The molecule has 1 aromatic carbocycles. The van der Waals surface area contributed by atoms with Gasteiger partial charge in [-0.25, -0.2) is 0 Å². The Morgan fingerprint density at radius 3 is 2.47 bits per heavy atom. The van der Waals surface area contributed by atoms with E-state index in [0.29, 0.717) is 16.1 Å². The summed E-state index contributed by atoms with van der Waals surface area (Å²) in [5, 5.41) is 3.07. The van der Waals surface area contributed by atoms with Gasteiger partial charge in [0.15, 0.2) is 5.75 Å². The molecule has 0 fully saturated rings. The van der Waals surface area contributed by atoms with Gasteiger partial charge in [0.2, 0.25) is 0 Å². The van der Waals surface area contributed by atoms with Crippen LogP contribution in [-0.4, -0.2) is 12.4 Å². The van der Waals surface area contributed by atoms with Crippen molar-refractivity contribution in [2.75, 3.05) is 5.32 Å². The van der Waals surface area contributed by atoms with Crippen molar-refractivity contribution in [3.8, 4) is 5.75 Å². The molecule has 2 atom stereocenters. The van der Waals surface area contributed by atoms with Crippen molar-refractivity contribution >= 4 is 21.6 Å². The number of anilines is 1. The van der Waals surface area contributed by atoms with Crippen LogP contribution in [0.5, 0.6) is 5.75 Å². The first kappa shape index (κ1) is 16.1. The maximum absolute atomic E-state index is 12.3. The second-order valence-corrected chi connectivity index (χ2v) is 5.42. The highest BCUT2D eigenvalue weighted by Crippen LogP contribution is 2.33. The molecule has 2 nitrogen and oxygen atoms in total. The molecule has 1 rings (SSSR count). The molecule has 0 amide bonds. The lowest BCUT2D eigenvalue weighted by atomic mass is 10.0. The summed E-state index contributed by atoms with van der Waals surface area (Å²) in [5.74, 6) is 0.124. The Morgan fingerprint density at radius 1 is 1.32 bits per heavy atom. The molecule has 0 saturated carbocycles. The van der Waals surface area contributed by atoms with Gasteiger partial charge in [0, 0.05) is 10.5 Å². The minimum atomic E-state index is -4.70. The fourth-order valence-corrected chi connectivity index (χ4v) is 1.91. The van der Waals surface area contributed by atoms with Crippen LogP contribution in [0.15, 0.2) is 22.7 Å². The smallest absolute Gasteiger partial charge is 0.404 e. The monoisotopic (exact) mass is 339 g/mol. The van der Waals surface area contributed by atoms with Gasteiger partial charge in [0.1, 0.15) is 0 Å². The van der Waals surface area contributed by atoms with Crippen LogP contribution >= 0.6 is 15.9 Å². The number of nitrogens with one attached hydrogen (secondary N) is 1. The third kappa shape index (κ3) is 5.30. The van der Waals surface area contributed by atoms with Crippen molar-refractivity contribution in [2.45, 2.75) is 39.6 Å². The molecular weight excluding hydrogens is 323 g/mol. The molecule has 2 unspecified atom stereocenters. The molecule has 0 aliphatic carbocycles. The van der Waals surface area contributed by atoms with Gasteiger partial charge in [0.05, 0.1) is 5.69 Å². The van der Waals surface area contributed by atoms with E-state index in [1.807, 2.05) is 20.8 Å². The van der Waals surface area contributed by atoms with Crippen molar-refractivity contribution in [1.82, 2.24) is 0 Å². The molecule has 0 bridgehead atoms. The van der Waals surface area contributed by atoms with Gasteiger partial charge in [-0.2, -0.15) is 0 Å². The van der Waals surface area contributed by atoms with Crippen LogP contribution in [0.1, 0.15) is 27.2 Å². The van der Waals surface area contributed by atoms with Crippen LogP contribution in [0.25, 0.3) is 0 Å². The summed E-state index contributed by atoms with van der Waals surface area (Å²) in [5.41, 5.74) is 0.341. The fourth-order valence-electron chi connectivity index (χ4n) is 1.57. The lowest BCUT2D eigenvalue weighted by Crippen LogP contribution is -2.24. The third-order valence-electron chi connectivity index (χ3n) is 3.05. The zero-order chi connectivity index (χ0) is 14.6. The van der Waals surface area contributed by atoms with Crippen molar-refractivity contribution in [1.29, 1.82) is 0 Å². The normalized spacial score (nSPS) is 14.9. The molecule has 0 aliphatic heterocycles. The molecule has 0 aromatic heterocycles. The molecule has 108 valence electrons. The molecule has 0 aliphatic rings. The first-order valence-electron chi connectivity index (χ1n) is 6.04. The predicted octanol–water partition coefficient (Wildman–Crippen LogP) is 5.19. The molecule has 0 saturated heterocycles. The minimum Gasteiger partial charge on any atom is -0.404 e. The van der Waals surface area contributed by atoms with Gasteiger partial charge in [-0.15, -0.1) is 13.2 Å². The van der Waals surface area contributed by atoms with E-state index >= 15 is 0 Å². The maximum atomic E-state index is 12.3. The second-order valence-electron chi connectivity index (χ2n) is 4.51. The fraction of sp³-hybridized carbons (Fsp3) is 0.538. The average molecular weight is 340 g/mol. The van der Waals surface area contributed by atoms with E-state index in [9.17, 15) is 13.2 Å². The van der Waals surface area contributed by atoms with Crippen molar-refractivity contribution < 1.29 is 17.9 Å². The minimum absolute atomic E-state index is 0.0572. The second kappa shape index (κ2) is 6.50. The largest absolute Gasteiger partial charge is 0.573 e. The van der Waals surface area contributed by atoms with Gasteiger partial charge in [-0.1, -0.05) is 36.2 Å². The topological polar surface area (TPSA) is 21.3 Å². The summed E-state index contributed by atoms with van der Waals surface area (Å²) in [4.78, 5) is 0. The van der Waals surface area contributed by atoms with Crippen LogP contribution < -0.4 is 10.1 Å². The van der Waals surface area contributed by atoms with Crippen LogP contribution in [0.4, 0.5) is 18.9 Å². The molecule has 6 heteroatoms. The third-order valence-corrected chi connectivity index (χ3v) is 3.54. The van der Waals surface area contributed by atoms with E-state index in [2.05, 4.69) is 26.0 Å². The zero-order valence-corrected chi connectivity index (χ0v) is 12.6. The first-order valence-corrected chi connectivity index (χ1v) is 6.84. The standard InChI is InChI=1S/C13H17BrF3NO/c1-4-8(2)9(3)18-11-6-5-10(14)7-12(11)19-13(15,16)17/h5-9,18H,4H2,1-3H3. The van der Waals surface area contributed by atoms with E-state index < -0.39 is 6.36 Å². The van der Waals surface area contributed by atoms with Gasteiger partial charge in [-0.05, 0) is 31.0 Å². The van der Waals surface area contributed by atoms with Gasteiger partial charge in [-0.3, -0.25) is 0 Å². The van der Waals surface area contributed by atoms with Crippen molar-refractivity contribution in [2.24, 2.45) is 5.92 Å². The van der Waals surface area contributed by atoms with E-state index in [1.54, 1.807) is 12.1 Å². The first-order chi connectivity index (χ1) is 8.73. The lowest BCUT2D eigenvalue weighted by molar-refractivity contribution is -0.274. The van der Waals surface area contributed by atoms with Gasteiger partial charge < -0.3 is 10.1 Å². The highest BCUT2D eigenvalue weighted by atomic mass is 79.9. The number of halogens is 4. The van der Waals surface area contributed by atoms with Gasteiger partial charge in [0.25, 0.3) is 0 Å². The average Bonchev–Trinajstić information content (AvgIpc) is 2.29. The van der Waals surface area contributed by atoms with E-state index in [1.165, 1.54) is 6.07 Å². The number of alkyl halides is 3. The lowest BCUT2D eigenvalue weighted by Gasteiger charge is -2.23. The highest BCUT2D eigenvalue weighted by Gasteiger charge is 2.32. The molecule has 1 aromatic rings. The number of rotatable bonds is 5. The molecule has 0 spiro atoms. The highest BCUT2D eigenvalue weighted by molar-refractivity contribution is 9.10. The van der Waals surface area contributed by atoms with Crippen molar-refractivity contribution in [3.05, 3.63) is 22.7 Å². The summed E-state index contributed by atoms with van der Waals surface area (Å²) < 4.78 is 41.6. The van der Waals surface area contributed by atoms with E-state index in [0.717, 1.165) is 6.42 Å². The molecule has 19 heavy (non-hydrogen) atoms. The Kier molecular flexibility index (Phi) is 5.52. The SMILES string of the molecule is CCC(C)C(C)Nc1ccc(Br)cc1OC(F)(F)F. The summed E-state index contributed by atoms with van der Waals surface area (Å²) in [7, 11) is 0. The van der Waals surface area contributed by atoms with E-state index in [4.69, 9.17) is 0 Å². The summed E-state index contributed by atoms with van der Waals surface area (Å²) >= 11 is 3.14. The summed E-state index contributed by atoms with van der Waals surface area (Å²) in [6.45, 7) is 6.02. The van der Waals surface area contributed by atoms with Gasteiger partial charge >= 0.3 is 6.36 Å². The van der Waals surface area contributed by atoms with Crippen molar-refractivity contribution in [3.63, 3.8) is 0 Å². The zero-order valence-electron chi connectivity index (χ0n) is 11.0. The Labute approximate surface area is 119 Å². The molecule has 1 N–H and O–H groups in total. The number of hydrogen-bond acceptors (Lipinski definition) is 2. The Balaban J connectivity index is 2.93. The maximum Gasteiger partial charge on any atom is 0.573 e. The number of hydrogen-bond donors (Lipinski definition) is 1. The quantitative estimate of drug-likeness (QED) is 0.796. The van der Waals surface area contributed by atoms with Crippen LogP contribution in [0.3, 0.4) is 0 Å². The molecule has 0 radical (unpaired) electrons. The van der Waals surface area contributed by atoms with Crippen LogP contribution in [0.2, 0.25) is 0 Å². The number of ether oxygens (including phenoxy) is 1. The predicted molar refractivity (Wildman–Crippen MR) is 73.4 cm³/mol. The molecule has 0 heterocycles. The summed E-state index contributed by atoms with van der Waals surface area (Å²) in [6.07, 6.45) is -3.75. The summed E-state index contributed by atoms with van der Waals surface area (Å²) in [6, 6.07) is 4.61. The Bertz CT molecular complexity index is 423. The molecular formula is C13H17BrF3NO. The van der Waals surface area contributed by atoms with E-state index in [-0.39, 0.29) is 11.8 Å². The Morgan fingerprint density at radius 2 is 1.95 bits per heavy atom. The number of benzene rings is 1.